The largest absolute Gasteiger partial charge is 0.497 e. The fourth-order valence-corrected chi connectivity index (χ4v) is 1.64. The summed E-state index contributed by atoms with van der Waals surface area (Å²) in [7, 11) is 1.58. The fourth-order valence-electron chi connectivity index (χ4n) is 1.64. The number of hydrogen-bond donors (Lipinski definition) is 1. The van der Waals surface area contributed by atoms with Crippen molar-refractivity contribution in [2.75, 3.05) is 12.4 Å². The number of anilines is 1. The van der Waals surface area contributed by atoms with Crippen molar-refractivity contribution >= 4 is 11.6 Å². The van der Waals surface area contributed by atoms with E-state index in [-0.39, 0.29) is 11.5 Å². The Hall–Kier alpha value is -2.43. The van der Waals surface area contributed by atoms with Crippen molar-refractivity contribution in [2.45, 2.75) is 6.92 Å². The number of aromatic nitrogens is 1. The number of carbonyl (C=O) groups is 1. The van der Waals surface area contributed by atoms with E-state index in [0.29, 0.717) is 11.4 Å². The van der Waals surface area contributed by atoms with Gasteiger partial charge in [-0.2, -0.15) is 4.39 Å². The number of pyridine rings is 1. The van der Waals surface area contributed by atoms with Crippen molar-refractivity contribution in [2.24, 2.45) is 0 Å². The molecule has 98 valence electrons. The predicted octanol–water partition coefficient (Wildman–Crippen LogP) is 2.79. The minimum Gasteiger partial charge on any atom is -0.497 e. The Morgan fingerprint density at radius 1 is 1.32 bits per heavy atom. The van der Waals surface area contributed by atoms with Gasteiger partial charge in [-0.15, -0.1) is 0 Å². The summed E-state index contributed by atoms with van der Waals surface area (Å²) in [5.74, 6) is -0.348. The summed E-state index contributed by atoms with van der Waals surface area (Å²) in [6, 6.07) is 7.84. The van der Waals surface area contributed by atoms with E-state index in [4.69, 9.17) is 4.74 Å². The smallest absolute Gasteiger partial charge is 0.255 e. The third kappa shape index (κ3) is 3.07. The Balaban J connectivity index is 2.19. The van der Waals surface area contributed by atoms with Gasteiger partial charge >= 0.3 is 0 Å². The Morgan fingerprint density at radius 2 is 2.11 bits per heavy atom. The molecule has 0 bridgehead atoms. The van der Waals surface area contributed by atoms with Gasteiger partial charge in [0.2, 0.25) is 5.95 Å². The number of amides is 1. The van der Waals surface area contributed by atoms with Gasteiger partial charge in [-0.25, -0.2) is 4.98 Å². The number of halogens is 1. The third-order valence-corrected chi connectivity index (χ3v) is 2.67. The van der Waals surface area contributed by atoms with Gasteiger partial charge in [0.1, 0.15) is 5.75 Å². The fraction of sp³-hybridized carbons (Fsp3) is 0.143. The molecule has 0 saturated carbocycles. The summed E-state index contributed by atoms with van der Waals surface area (Å²) in [5.41, 5.74) is 1.74. The predicted molar refractivity (Wildman–Crippen MR) is 69.9 cm³/mol. The van der Waals surface area contributed by atoms with E-state index in [9.17, 15) is 9.18 Å². The van der Waals surface area contributed by atoms with Crippen LogP contribution in [-0.4, -0.2) is 18.0 Å². The van der Waals surface area contributed by atoms with E-state index in [1.165, 1.54) is 12.3 Å². The molecule has 0 spiro atoms. The van der Waals surface area contributed by atoms with Crippen molar-refractivity contribution in [3.63, 3.8) is 0 Å². The van der Waals surface area contributed by atoms with E-state index < -0.39 is 5.95 Å². The number of benzene rings is 1. The van der Waals surface area contributed by atoms with Crippen molar-refractivity contribution in [3.05, 3.63) is 53.6 Å². The Labute approximate surface area is 110 Å². The molecule has 2 aromatic rings. The summed E-state index contributed by atoms with van der Waals surface area (Å²) in [6.45, 7) is 1.85. The molecule has 0 atom stereocenters. The van der Waals surface area contributed by atoms with Gasteiger partial charge < -0.3 is 10.1 Å². The molecule has 19 heavy (non-hydrogen) atoms. The Morgan fingerprint density at radius 3 is 2.74 bits per heavy atom. The van der Waals surface area contributed by atoms with Crippen LogP contribution in [0.1, 0.15) is 15.9 Å². The number of methoxy groups -OCH3 is 1. The molecular formula is C14H13FN2O2. The molecule has 1 aromatic carbocycles. The van der Waals surface area contributed by atoms with Gasteiger partial charge in [0, 0.05) is 23.5 Å². The Bertz CT molecular complexity index is 614. The lowest BCUT2D eigenvalue weighted by molar-refractivity contribution is 0.102. The highest BCUT2D eigenvalue weighted by Crippen LogP contribution is 2.21. The average Bonchev–Trinajstić information content (AvgIpc) is 2.41. The maximum Gasteiger partial charge on any atom is 0.255 e. The zero-order chi connectivity index (χ0) is 13.8. The van der Waals surface area contributed by atoms with Crippen molar-refractivity contribution in [1.29, 1.82) is 0 Å². The molecule has 0 radical (unpaired) electrons. The minimum absolute atomic E-state index is 0.225. The van der Waals surface area contributed by atoms with Crippen LogP contribution in [0.25, 0.3) is 0 Å². The Kier molecular flexibility index (Phi) is 3.75. The molecule has 1 amide bonds. The van der Waals surface area contributed by atoms with E-state index in [0.717, 1.165) is 11.6 Å². The molecule has 1 aromatic heterocycles. The highest BCUT2D eigenvalue weighted by molar-refractivity contribution is 6.04. The lowest BCUT2D eigenvalue weighted by Gasteiger charge is -2.09. The number of rotatable bonds is 3. The SMILES string of the molecule is COc1ccc(NC(=O)c2ccnc(F)c2)c(C)c1. The third-order valence-electron chi connectivity index (χ3n) is 2.67. The van der Waals surface area contributed by atoms with Crippen LogP contribution in [-0.2, 0) is 0 Å². The van der Waals surface area contributed by atoms with Crippen molar-refractivity contribution in [1.82, 2.24) is 4.98 Å². The molecule has 1 heterocycles. The minimum atomic E-state index is -0.681. The van der Waals surface area contributed by atoms with E-state index >= 15 is 0 Å². The standard InChI is InChI=1S/C14H13FN2O2/c1-9-7-11(19-2)3-4-12(9)17-14(18)10-5-6-16-13(15)8-10/h3-8H,1-2H3,(H,17,18). The first-order chi connectivity index (χ1) is 9.10. The van der Waals surface area contributed by atoms with Crippen molar-refractivity contribution in [3.8, 4) is 5.75 Å². The molecule has 0 saturated heterocycles. The lowest BCUT2D eigenvalue weighted by atomic mass is 10.1. The number of hydrogen-bond acceptors (Lipinski definition) is 3. The van der Waals surface area contributed by atoms with Crippen LogP contribution in [0.4, 0.5) is 10.1 Å². The quantitative estimate of drug-likeness (QED) is 0.863. The first-order valence-corrected chi connectivity index (χ1v) is 5.67. The van der Waals surface area contributed by atoms with Gasteiger partial charge in [-0.1, -0.05) is 0 Å². The molecule has 4 nitrogen and oxygen atoms in total. The summed E-state index contributed by atoms with van der Waals surface area (Å²) < 4.78 is 18.0. The van der Waals surface area contributed by atoms with Crippen LogP contribution in [0.15, 0.2) is 36.5 Å². The highest BCUT2D eigenvalue weighted by atomic mass is 19.1. The number of ether oxygens (including phenoxy) is 1. The second kappa shape index (κ2) is 5.48. The van der Waals surface area contributed by atoms with Crippen LogP contribution in [0.3, 0.4) is 0 Å². The topological polar surface area (TPSA) is 51.2 Å². The molecule has 0 fully saturated rings. The van der Waals surface area contributed by atoms with Crippen LogP contribution >= 0.6 is 0 Å². The highest BCUT2D eigenvalue weighted by Gasteiger charge is 2.09. The molecule has 0 aliphatic heterocycles. The van der Waals surface area contributed by atoms with E-state index in [2.05, 4.69) is 10.3 Å². The monoisotopic (exact) mass is 260 g/mol. The molecule has 1 N–H and O–H groups in total. The number of aryl methyl sites for hydroxylation is 1. The molecule has 5 heteroatoms. The zero-order valence-electron chi connectivity index (χ0n) is 10.6. The van der Waals surface area contributed by atoms with E-state index in [1.807, 2.05) is 13.0 Å². The maximum absolute atomic E-state index is 12.9. The average molecular weight is 260 g/mol. The number of carbonyl (C=O) groups excluding carboxylic acids is 1. The first kappa shape index (κ1) is 13.0. The van der Waals surface area contributed by atoms with Gasteiger partial charge in [0.15, 0.2) is 0 Å². The molecule has 0 aliphatic carbocycles. The summed E-state index contributed by atoms with van der Waals surface area (Å²) in [4.78, 5) is 15.3. The lowest BCUT2D eigenvalue weighted by Crippen LogP contribution is -2.13. The number of nitrogens with one attached hydrogen (secondary N) is 1. The van der Waals surface area contributed by atoms with Crippen LogP contribution in [0.2, 0.25) is 0 Å². The zero-order valence-corrected chi connectivity index (χ0v) is 10.6. The van der Waals surface area contributed by atoms with Gasteiger partial charge in [-0.3, -0.25) is 4.79 Å². The molecule has 0 unspecified atom stereocenters. The molecule has 2 rings (SSSR count). The summed E-state index contributed by atoms with van der Waals surface area (Å²) in [5, 5.41) is 2.72. The molecule has 0 aliphatic rings. The van der Waals surface area contributed by atoms with Gasteiger partial charge in [0.05, 0.1) is 7.11 Å². The maximum atomic E-state index is 12.9. The van der Waals surface area contributed by atoms with Gasteiger partial charge in [0.25, 0.3) is 5.91 Å². The number of nitrogens with zero attached hydrogens (tertiary/aromatic N) is 1. The first-order valence-electron chi connectivity index (χ1n) is 5.67. The van der Waals surface area contributed by atoms with Crippen molar-refractivity contribution < 1.29 is 13.9 Å². The van der Waals surface area contributed by atoms with Crippen LogP contribution in [0.5, 0.6) is 5.75 Å². The van der Waals surface area contributed by atoms with Crippen LogP contribution in [0, 0.1) is 12.9 Å². The molecular weight excluding hydrogens is 247 g/mol. The van der Waals surface area contributed by atoms with E-state index in [1.54, 1.807) is 19.2 Å². The summed E-state index contributed by atoms with van der Waals surface area (Å²) in [6.07, 6.45) is 1.26. The van der Waals surface area contributed by atoms with Crippen LogP contribution < -0.4 is 10.1 Å². The second-order valence-corrected chi connectivity index (χ2v) is 4.00. The second-order valence-electron chi connectivity index (χ2n) is 4.00. The normalized spacial score (nSPS) is 10.1. The summed E-state index contributed by atoms with van der Waals surface area (Å²) >= 11 is 0. The van der Waals surface area contributed by atoms with Gasteiger partial charge in [-0.05, 0) is 36.8 Å².